The van der Waals surface area contributed by atoms with Gasteiger partial charge in [0.1, 0.15) is 6.04 Å². The Morgan fingerprint density at radius 2 is 2.00 bits per heavy atom. The number of benzene rings is 1. The van der Waals surface area contributed by atoms with Gasteiger partial charge >= 0.3 is 0 Å². The zero-order chi connectivity index (χ0) is 17.5. The average molecular weight is 352 g/mol. The Kier molecular flexibility index (Phi) is 6.87. The lowest BCUT2D eigenvalue weighted by Crippen LogP contribution is -2.54. The summed E-state index contributed by atoms with van der Waals surface area (Å²) >= 11 is 6.22. The Balaban J connectivity index is 1.86. The lowest BCUT2D eigenvalue weighted by molar-refractivity contribution is -0.139. The van der Waals surface area contributed by atoms with E-state index in [1.165, 1.54) is 11.1 Å². The maximum absolute atomic E-state index is 12.7. The molecule has 0 radical (unpaired) electrons. The van der Waals surface area contributed by atoms with Crippen molar-refractivity contribution in [3.05, 3.63) is 35.4 Å². The molecule has 7 heteroatoms. The number of rotatable bonds is 7. The van der Waals surface area contributed by atoms with E-state index in [9.17, 15) is 4.79 Å². The van der Waals surface area contributed by atoms with Crippen LogP contribution < -0.4 is 11.5 Å². The number of aliphatic imine (C=N–C) groups is 1. The van der Waals surface area contributed by atoms with Gasteiger partial charge in [-0.05, 0) is 43.5 Å². The molecule has 0 saturated carbocycles. The number of nitrogens with two attached hydrogens (primary N) is 2. The van der Waals surface area contributed by atoms with E-state index >= 15 is 0 Å². The standard InChI is InChI=1S/C17H26ClN5O/c1-13-4-6-14(7-5-13)8-10-22-11-12-23(18)15(16(22)24)3-2-9-21-17(19)20/h4-7,15H,2-3,8-12H2,1H3,(H4,19,20,21)/t15-/m0/s1. The number of hydrogen-bond donors (Lipinski definition) is 2. The van der Waals surface area contributed by atoms with Crippen molar-refractivity contribution in [1.29, 1.82) is 0 Å². The maximum atomic E-state index is 12.7. The van der Waals surface area contributed by atoms with Crippen molar-refractivity contribution in [1.82, 2.24) is 9.32 Å². The van der Waals surface area contributed by atoms with Crippen LogP contribution in [0, 0.1) is 6.92 Å². The number of piperazine rings is 1. The third-order valence-electron chi connectivity index (χ3n) is 4.24. The number of nitrogens with zero attached hydrogens (tertiary/aromatic N) is 3. The lowest BCUT2D eigenvalue weighted by Gasteiger charge is -2.37. The molecular weight excluding hydrogens is 326 g/mol. The fourth-order valence-corrected chi connectivity index (χ4v) is 3.07. The van der Waals surface area contributed by atoms with Gasteiger partial charge < -0.3 is 16.4 Å². The molecule has 1 atom stereocenters. The number of hydrogen-bond acceptors (Lipinski definition) is 3. The van der Waals surface area contributed by atoms with Gasteiger partial charge in [-0.1, -0.05) is 29.8 Å². The van der Waals surface area contributed by atoms with Gasteiger partial charge in [-0.3, -0.25) is 9.79 Å². The van der Waals surface area contributed by atoms with Gasteiger partial charge in [-0.2, -0.15) is 0 Å². The number of guanidine groups is 1. The van der Waals surface area contributed by atoms with Crippen molar-refractivity contribution in [2.75, 3.05) is 26.2 Å². The van der Waals surface area contributed by atoms with Crippen molar-refractivity contribution < 1.29 is 4.79 Å². The number of aryl methyl sites for hydroxylation is 1. The molecule has 0 unspecified atom stereocenters. The number of halogens is 1. The summed E-state index contributed by atoms with van der Waals surface area (Å²) in [5.74, 6) is 0.167. The highest BCUT2D eigenvalue weighted by Gasteiger charge is 2.33. The highest BCUT2D eigenvalue weighted by molar-refractivity contribution is 6.15. The highest BCUT2D eigenvalue weighted by Crippen LogP contribution is 2.19. The predicted octanol–water partition coefficient (Wildman–Crippen LogP) is 1.26. The van der Waals surface area contributed by atoms with E-state index < -0.39 is 0 Å². The summed E-state index contributed by atoms with van der Waals surface area (Å²) in [6.07, 6.45) is 2.23. The third-order valence-corrected chi connectivity index (χ3v) is 4.64. The number of carbonyl (C=O) groups excluding carboxylic acids is 1. The SMILES string of the molecule is Cc1ccc(CCN2CCN(Cl)[C@@H](CCCN=C(N)N)C2=O)cc1. The van der Waals surface area contributed by atoms with Crippen LogP contribution in [0.25, 0.3) is 0 Å². The molecule has 0 aliphatic carbocycles. The van der Waals surface area contributed by atoms with Crippen molar-refractivity contribution in [3.8, 4) is 0 Å². The zero-order valence-corrected chi connectivity index (χ0v) is 14.9. The summed E-state index contributed by atoms with van der Waals surface area (Å²) in [4.78, 5) is 18.5. The molecule has 1 amide bonds. The molecule has 1 saturated heterocycles. The quantitative estimate of drug-likeness (QED) is 0.335. The second kappa shape index (κ2) is 8.89. The van der Waals surface area contributed by atoms with Crippen LogP contribution in [-0.2, 0) is 11.2 Å². The first kappa shape index (κ1) is 18.5. The lowest BCUT2D eigenvalue weighted by atomic mass is 10.1. The second-order valence-corrected chi connectivity index (χ2v) is 6.58. The van der Waals surface area contributed by atoms with Gasteiger partial charge in [0.25, 0.3) is 0 Å². The van der Waals surface area contributed by atoms with Gasteiger partial charge in [-0.15, -0.1) is 0 Å². The summed E-state index contributed by atoms with van der Waals surface area (Å²) in [6.45, 7) is 4.64. The Bertz CT molecular complexity index is 571. The highest BCUT2D eigenvalue weighted by atomic mass is 35.5. The fraction of sp³-hybridized carbons (Fsp3) is 0.529. The van der Waals surface area contributed by atoms with E-state index in [0.29, 0.717) is 26.1 Å². The molecule has 0 bridgehead atoms. The van der Waals surface area contributed by atoms with Gasteiger partial charge in [0.15, 0.2) is 5.96 Å². The predicted molar refractivity (Wildman–Crippen MR) is 97.7 cm³/mol. The van der Waals surface area contributed by atoms with E-state index in [-0.39, 0.29) is 17.9 Å². The van der Waals surface area contributed by atoms with E-state index in [4.69, 9.17) is 23.2 Å². The zero-order valence-electron chi connectivity index (χ0n) is 14.1. The molecule has 1 aliphatic rings. The number of amides is 1. The normalized spacial score (nSPS) is 18.7. The van der Waals surface area contributed by atoms with Crippen LogP contribution in [0.5, 0.6) is 0 Å². The van der Waals surface area contributed by atoms with Crippen LogP contribution in [0.4, 0.5) is 0 Å². The van der Waals surface area contributed by atoms with Crippen molar-refractivity contribution in [2.24, 2.45) is 16.5 Å². The molecular formula is C17H26ClN5O. The fourth-order valence-electron chi connectivity index (χ4n) is 2.81. The Morgan fingerprint density at radius 1 is 1.29 bits per heavy atom. The average Bonchev–Trinajstić information content (AvgIpc) is 2.54. The van der Waals surface area contributed by atoms with Crippen LogP contribution in [0.15, 0.2) is 29.3 Å². The first-order valence-electron chi connectivity index (χ1n) is 8.29. The molecule has 2 rings (SSSR count). The monoisotopic (exact) mass is 351 g/mol. The Hall–Kier alpha value is -1.79. The van der Waals surface area contributed by atoms with E-state index in [2.05, 4.69) is 36.2 Å². The minimum absolute atomic E-state index is 0.0763. The molecule has 132 valence electrons. The van der Waals surface area contributed by atoms with Gasteiger partial charge in [0.2, 0.25) is 5.91 Å². The van der Waals surface area contributed by atoms with E-state index in [0.717, 1.165) is 19.4 Å². The van der Waals surface area contributed by atoms with Crippen molar-refractivity contribution in [3.63, 3.8) is 0 Å². The minimum Gasteiger partial charge on any atom is -0.370 e. The molecule has 0 aromatic heterocycles. The van der Waals surface area contributed by atoms with Gasteiger partial charge in [0, 0.05) is 26.2 Å². The molecule has 1 aromatic carbocycles. The third kappa shape index (κ3) is 5.39. The molecule has 0 spiro atoms. The van der Waals surface area contributed by atoms with Gasteiger partial charge in [-0.25, -0.2) is 4.42 Å². The summed E-state index contributed by atoms with van der Waals surface area (Å²) in [5, 5.41) is 0. The molecule has 4 N–H and O–H groups in total. The summed E-state index contributed by atoms with van der Waals surface area (Å²) in [5.41, 5.74) is 13.1. The molecule has 1 aliphatic heterocycles. The first-order chi connectivity index (χ1) is 11.5. The minimum atomic E-state index is -0.298. The van der Waals surface area contributed by atoms with Crippen LogP contribution >= 0.6 is 11.8 Å². The van der Waals surface area contributed by atoms with Crippen LogP contribution in [-0.4, -0.2) is 53.4 Å². The first-order valence-corrected chi connectivity index (χ1v) is 8.63. The summed E-state index contributed by atoms with van der Waals surface area (Å²) in [6, 6.07) is 8.13. The molecule has 1 fully saturated rings. The topological polar surface area (TPSA) is 87.9 Å². The van der Waals surface area contributed by atoms with Gasteiger partial charge in [0.05, 0.1) is 0 Å². The Labute approximate surface area is 148 Å². The molecule has 6 nitrogen and oxygen atoms in total. The largest absolute Gasteiger partial charge is 0.370 e. The van der Waals surface area contributed by atoms with E-state index in [1.807, 2.05) is 4.90 Å². The summed E-state index contributed by atoms with van der Waals surface area (Å²) in [7, 11) is 0. The maximum Gasteiger partial charge on any atom is 0.241 e. The Morgan fingerprint density at radius 3 is 2.67 bits per heavy atom. The van der Waals surface area contributed by atoms with Crippen molar-refractivity contribution >= 4 is 23.6 Å². The molecule has 24 heavy (non-hydrogen) atoms. The molecule has 1 aromatic rings. The van der Waals surface area contributed by atoms with Crippen LogP contribution in [0.2, 0.25) is 0 Å². The van der Waals surface area contributed by atoms with Crippen LogP contribution in [0.1, 0.15) is 24.0 Å². The second-order valence-electron chi connectivity index (χ2n) is 6.15. The molecule has 1 heterocycles. The van der Waals surface area contributed by atoms with Crippen LogP contribution in [0.3, 0.4) is 0 Å². The van der Waals surface area contributed by atoms with E-state index in [1.54, 1.807) is 4.42 Å². The smallest absolute Gasteiger partial charge is 0.241 e. The summed E-state index contributed by atoms with van der Waals surface area (Å²) < 4.78 is 1.61. The van der Waals surface area contributed by atoms with Crippen molar-refractivity contribution in [2.45, 2.75) is 32.2 Å². The number of carbonyl (C=O) groups is 1.